The SMILES string of the molecule is CCN(CC)Cc1cc(Nc2c3ccc(Cl)cc3nc3cccc(OC)c23)ccc1O.Cl. The van der Waals surface area contributed by atoms with Gasteiger partial charge in [-0.05, 0) is 61.6 Å². The van der Waals surface area contributed by atoms with Crippen LogP contribution < -0.4 is 10.1 Å². The lowest BCUT2D eigenvalue weighted by Gasteiger charge is -2.20. The fourth-order valence-electron chi connectivity index (χ4n) is 3.86. The number of aromatic hydroxyl groups is 1. The molecule has 4 aromatic rings. The Hall–Kier alpha value is -2.73. The first kappa shape index (κ1) is 23.9. The fraction of sp³-hybridized carbons (Fsp3) is 0.240. The lowest BCUT2D eigenvalue weighted by molar-refractivity contribution is 0.291. The Bertz CT molecular complexity index is 1240. The van der Waals surface area contributed by atoms with E-state index in [-0.39, 0.29) is 12.4 Å². The van der Waals surface area contributed by atoms with Crippen LogP contribution in [0.2, 0.25) is 5.02 Å². The number of fused-ring (bicyclic) bond motifs is 2. The Labute approximate surface area is 199 Å². The second-order valence-electron chi connectivity index (χ2n) is 7.43. The summed E-state index contributed by atoms with van der Waals surface area (Å²) in [4.78, 5) is 7.06. The molecule has 32 heavy (non-hydrogen) atoms. The zero-order valence-corrected chi connectivity index (χ0v) is 19.9. The summed E-state index contributed by atoms with van der Waals surface area (Å²) in [6.07, 6.45) is 0. The van der Waals surface area contributed by atoms with Crippen LogP contribution in [0.4, 0.5) is 11.4 Å². The molecule has 0 spiro atoms. The number of pyridine rings is 1. The highest BCUT2D eigenvalue weighted by Gasteiger charge is 2.15. The van der Waals surface area contributed by atoms with Crippen molar-refractivity contribution in [1.29, 1.82) is 0 Å². The second-order valence-corrected chi connectivity index (χ2v) is 7.87. The molecule has 0 saturated heterocycles. The highest BCUT2D eigenvalue weighted by atomic mass is 35.5. The number of halogens is 2. The van der Waals surface area contributed by atoms with Crippen molar-refractivity contribution in [2.24, 2.45) is 0 Å². The van der Waals surface area contributed by atoms with E-state index in [1.807, 2.05) is 48.5 Å². The molecule has 0 aliphatic heterocycles. The van der Waals surface area contributed by atoms with Gasteiger partial charge < -0.3 is 15.2 Å². The van der Waals surface area contributed by atoms with Crippen LogP contribution in [0.15, 0.2) is 54.6 Å². The van der Waals surface area contributed by atoms with Crippen LogP contribution in [-0.2, 0) is 6.54 Å². The van der Waals surface area contributed by atoms with E-state index < -0.39 is 0 Å². The summed E-state index contributed by atoms with van der Waals surface area (Å²) in [6.45, 7) is 6.77. The molecule has 0 saturated carbocycles. The lowest BCUT2D eigenvalue weighted by atomic mass is 10.1. The molecule has 0 radical (unpaired) electrons. The molecule has 0 unspecified atom stereocenters. The largest absolute Gasteiger partial charge is 0.508 e. The summed E-state index contributed by atoms with van der Waals surface area (Å²) in [6, 6.07) is 17.1. The first-order valence-electron chi connectivity index (χ1n) is 10.4. The van der Waals surface area contributed by atoms with Crippen LogP contribution >= 0.6 is 24.0 Å². The predicted octanol–water partition coefficient (Wildman–Crippen LogP) is 6.76. The Kier molecular flexibility index (Phi) is 7.67. The molecule has 168 valence electrons. The van der Waals surface area contributed by atoms with Gasteiger partial charge in [0, 0.05) is 28.2 Å². The molecule has 1 aromatic heterocycles. The topological polar surface area (TPSA) is 57.6 Å². The van der Waals surface area contributed by atoms with Gasteiger partial charge in [-0.1, -0.05) is 31.5 Å². The van der Waals surface area contributed by atoms with Crippen LogP contribution in [-0.4, -0.2) is 35.2 Å². The van der Waals surface area contributed by atoms with E-state index in [9.17, 15) is 5.11 Å². The van der Waals surface area contributed by atoms with Crippen molar-refractivity contribution >= 4 is 57.2 Å². The lowest BCUT2D eigenvalue weighted by Crippen LogP contribution is -2.22. The molecule has 3 aromatic carbocycles. The molecule has 0 amide bonds. The van der Waals surface area contributed by atoms with Crippen molar-refractivity contribution in [2.75, 3.05) is 25.5 Å². The molecular weight excluding hydrogens is 445 g/mol. The first-order valence-corrected chi connectivity index (χ1v) is 10.8. The maximum absolute atomic E-state index is 10.4. The average Bonchev–Trinajstić information content (AvgIpc) is 2.78. The van der Waals surface area contributed by atoms with Gasteiger partial charge in [0.1, 0.15) is 11.5 Å². The van der Waals surface area contributed by atoms with Gasteiger partial charge in [0.15, 0.2) is 0 Å². The van der Waals surface area contributed by atoms with Crippen molar-refractivity contribution < 1.29 is 9.84 Å². The number of phenolic OH excluding ortho intramolecular Hbond substituents is 1. The smallest absolute Gasteiger partial charge is 0.130 e. The summed E-state index contributed by atoms with van der Waals surface area (Å²) in [5.74, 6) is 1.04. The Morgan fingerprint density at radius 2 is 1.81 bits per heavy atom. The van der Waals surface area contributed by atoms with Gasteiger partial charge >= 0.3 is 0 Å². The summed E-state index contributed by atoms with van der Waals surface area (Å²) in [5, 5.41) is 16.4. The number of nitrogens with zero attached hydrogens (tertiary/aromatic N) is 2. The number of aromatic nitrogens is 1. The maximum atomic E-state index is 10.4. The molecule has 4 rings (SSSR count). The van der Waals surface area contributed by atoms with E-state index in [0.29, 0.717) is 17.3 Å². The Morgan fingerprint density at radius 1 is 1.03 bits per heavy atom. The average molecular weight is 472 g/mol. The third kappa shape index (κ3) is 4.70. The summed E-state index contributed by atoms with van der Waals surface area (Å²) >= 11 is 6.24. The molecule has 7 heteroatoms. The number of methoxy groups -OCH3 is 1. The van der Waals surface area contributed by atoms with E-state index in [2.05, 4.69) is 24.1 Å². The third-order valence-electron chi connectivity index (χ3n) is 5.58. The molecule has 2 N–H and O–H groups in total. The second kappa shape index (κ2) is 10.3. The number of benzene rings is 3. The van der Waals surface area contributed by atoms with Crippen LogP contribution in [0, 0.1) is 0 Å². The van der Waals surface area contributed by atoms with Gasteiger partial charge in [0.2, 0.25) is 0 Å². The van der Waals surface area contributed by atoms with E-state index >= 15 is 0 Å². The third-order valence-corrected chi connectivity index (χ3v) is 5.82. The van der Waals surface area contributed by atoms with E-state index in [4.69, 9.17) is 21.3 Å². The minimum atomic E-state index is 0. The van der Waals surface area contributed by atoms with Crippen LogP contribution in [0.5, 0.6) is 11.5 Å². The molecule has 0 bridgehead atoms. The van der Waals surface area contributed by atoms with Crippen LogP contribution in [0.1, 0.15) is 19.4 Å². The molecule has 0 atom stereocenters. The van der Waals surface area contributed by atoms with Crippen molar-refractivity contribution in [3.05, 3.63) is 65.2 Å². The maximum Gasteiger partial charge on any atom is 0.130 e. The molecule has 0 fully saturated rings. The standard InChI is InChI=1S/C25H26ClN3O2.ClH/c1-4-29(5-2)15-16-13-18(10-12-22(16)30)27-25-19-11-9-17(26)14-21(19)28-20-7-6-8-23(31-3)24(20)25;/h6-14,30H,4-5,15H2,1-3H3,(H,27,28);1H. The molecule has 0 aliphatic rings. The summed E-state index contributed by atoms with van der Waals surface area (Å²) < 4.78 is 5.65. The number of rotatable bonds is 7. The monoisotopic (exact) mass is 471 g/mol. The Balaban J connectivity index is 0.00000289. The van der Waals surface area contributed by atoms with Gasteiger partial charge in [-0.25, -0.2) is 4.98 Å². The fourth-order valence-corrected chi connectivity index (χ4v) is 4.03. The number of phenols is 1. The first-order chi connectivity index (χ1) is 15.0. The molecular formula is C25H27Cl2N3O2. The van der Waals surface area contributed by atoms with Crippen molar-refractivity contribution in [3.8, 4) is 11.5 Å². The minimum absolute atomic E-state index is 0. The number of ether oxygens (including phenoxy) is 1. The number of nitrogens with one attached hydrogen (secondary N) is 1. The van der Waals surface area contributed by atoms with Gasteiger partial charge in [-0.15, -0.1) is 12.4 Å². The normalized spacial score (nSPS) is 11.0. The van der Waals surface area contributed by atoms with Gasteiger partial charge in [0.05, 0.1) is 29.2 Å². The molecule has 0 aliphatic carbocycles. The summed E-state index contributed by atoms with van der Waals surface area (Å²) in [5.41, 5.74) is 4.28. The zero-order valence-electron chi connectivity index (χ0n) is 18.4. The Morgan fingerprint density at radius 3 is 2.53 bits per heavy atom. The highest BCUT2D eigenvalue weighted by Crippen LogP contribution is 2.39. The van der Waals surface area contributed by atoms with Gasteiger partial charge in [-0.2, -0.15) is 0 Å². The highest BCUT2D eigenvalue weighted by molar-refractivity contribution is 6.31. The zero-order chi connectivity index (χ0) is 22.0. The molecule has 1 heterocycles. The van der Waals surface area contributed by atoms with Gasteiger partial charge in [-0.3, -0.25) is 4.90 Å². The number of hydrogen-bond donors (Lipinski definition) is 2. The van der Waals surface area contributed by atoms with E-state index in [0.717, 1.165) is 57.6 Å². The van der Waals surface area contributed by atoms with Crippen LogP contribution in [0.25, 0.3) is 21.8 Å². The number of hydrogen-bond acceptors (Lipinski definition) is 5. The van der Waals surface area contributed by atoms with Crippen molar-refractivity contribution in [2.45, 2.75) is 20.4 Å². The van der Waals surface area contributed by atoms with E-state index in [1.165, 1.54) is 0 Å². The van der Waals surface area contributed by atoms with Gasteiger partial charge in [0.25, 0.3) is 0 Å². The van der Waals surface area contributed by atoms with Crippen molar-refractivity contribution in [1.82, 2.24) is 9.88 Å². The molecule has 5 nitrogen and oxygen atoms in total. The van der Waals surface area contributed by atoms with E-state index in [1.54, 1.807) is 13.2 Å². The van der Waals surface area contributed by atoms with Crippen LogP contribution in [0.3, 0.4) is 0 Å². The number of anilines is 2. The predicted molar refractivity (Wildman–Crippen MR) is 136 cm³/mol. The summed E-state index contributed by atoms with van der Waals surface area (Å²) in [7, 11) is 1.66. The minimum Gasteiger partial charge on any atom is -0.508 e. The quantitative estimate of drug-likeness (QED) is 0.230. The van der Waals surface area contributed by atoms with Crippen molar-refractivity contribution in [3.63, 3.8) is 0 Å².